The fraction of sp³-hybridized carbons (Fsp3) is 0.600. The van der Waals surface area contributed by atoms with Crippen LogP contribution in [-0.2, 0) is 26.2 Å². The molecular formula is C45H68N5PSiZr+2. The molecule has 6 fully saturated rings. The van der Waals surface area contributed by atoms with Crippen molar-refractivity contribution in [3.05, 3.63) is 106 Å². The summed E-state index contributed by atoms with van der Waals surface area (Å²) in [6.07, 6.45) is 47.5. The fourth-order valence-electron chi connectivity index (χ4n) is 8.39. The third kappa shape index (κ3) is 17.4. The predicted molar refractivity (Wildman–Crippen MR) is 225 cm³/mol. The number of rotatable bonds is 9. The third-order valence-corrected chi connectivity index (χ3v) is 14.5. The van der Waals surface area contributed by atoms with E-state index in [1.807, 2.05) is 89.9 Å². The molecule has 5 nitrogen and oxygen atoms in total. The molecular weight excluding hydrogens is 761 g/mol. The maximum Gasteiger partial charge on any atom is 4.00 e. The van der Waals surface area contributed by atoms with Crippen LogP contribution in [0.4, 0.5) is 0 Å². The molecule has 8 heteroatoms. The van der Waals surface area contributed by atoms with Gasteiger partial charge in [0.25, 0.3) is 0 Å². The second-order valence-electron chi connectivity index (χ2n) is 16.2. The molecule has 7 rings (SSSR count). The maximum atomic E-state index is 9.84. The van der Waals surface area contributed by atoms with Gasteiger partial charge in [-0.05, 0) is 124 Å². The van der Waals surface area contributed by atoms with Gasteiger partial charge in [-0.3, -0.25) is 9.34 Å². The molecule has 0 bridgehead atoms. The molecule has 0 amide bonds. The van der Waals surface area contributed by atoms with Crippen molar-refractivity contribution < 1.29 is 31.0 Å². The van der Waals surface area contributed by atoms with Crippen molar-refractivity contribution in [3.63, 3.8) is 0 Å². The topological polar surface area (TPSA) is 66.7 Å². The normalized spacial score (nSPS) is 22.0. The Morgan fingerprint density at radius 2 is 0.943 bits per heavy atom. The molecule has 284 valence electrons. The Bertz CT molecular complexity index is 1020. The summed E-state index contributed by atoms with van der Waals surface area (Å²) in [5.41, 5.74) is 9.92. The SMILES string of the molecule is C[Si](C)(C)[C-]=[N+]=[N-].N=C(c1[c-]cccc1)P(N(C1CCCCC1)C1CCCCC1)N(C1CCCCC1)C1CCCCC1.[CH]1[CH][CH][CH][CH]1.[CH]1[CH][CH][CH][CH]1.[Zr+4]. The van der Waals surface area contributed by atoms with Crippen LogP contribution >= 0.6 is 8.22 Å². The standard InChI is InChI=1S/C31H49N3P.2C5H5.C4H9N2Si.Zr/c32-31(26-16-6-1-7-17-26)35(33(27-18-8-2-9-19-27)28-20-10-3-11-21-28)34(29-22-12-4-13-23-29)30-24-14-5-15-25-30;2*1-2-4-5-3-1;1-7(2,3)4-6-5;/h1,6-7,16,27-30,32H,2-5,8-15,18-25H2;2*1-5H;1-3H3;/q-1;;;-1;+4. The number of nitrogens with zero attached hydrogens (tertiary/aromatic N) is 4. The zero-order valence-electron chi connectivity index (χ0n) is 33.3. The second-order valence-corrected chi connectivity index (χ2v) is 22.9. The van der Waals surface area contributed by atoms with Gasteiger partial charge in [0.1, 0.15) is 0 Å². The van der Waals surface area contributed by atoms with Gasteiger partial charge < -0.3 is 15.7 Å². The maximum absolute atomic E-state index is 9.84. The average molecular weight is 829 g/mol. The molecule has 0 aromatic heterocycles. The molecule has 6 aliphatic rings. The predicted octanol–water partition coefficient (Wildman–Crippen LogP) is 12.1. The first-order valence-electron chi connectivity index (χ1n) is 20.8. The van der Waals surface area contributed by atoms with Gasteiger partial charge in [-0.25, -0.2) is 0 Å². The van der Waals surface area contributed by atoms with Crippen LogP contribution in [-0.4, -0.2) is 57.7 Å². The van der Waals surface area contributed by atoms with Gasteiger partial charge in [0, 0.05) is 37.8 Å². The van der Waals surface area contributed by atoms with E-state index in [1.165, 1.54) is 128 Å². The molecule has 1 aromatic carbocycles. The van der Waals surface area contributed by atoms with Gasteiger partial charge in [0.2, 0.25) is 0 Å². The summed E-state index contributed by atoms with van der Waals surface area (Å²) in [4.78, 5) is 2.82. The second kappa shape index (κ2) is 27.4. The molecule has 1 aromatic rings. The molecule has 1 N–H and O–H groups in total. The van der Waals surface area contributed by atoms with E-state index < -0.39 is 16.3 Å². The van der Waals surface area contributed by atoms with Gasteiger partial charge in [0.05, 0.1) is 0 Å². The quantitative estimate of drug-likeness (QED) is 0.0673. The van der Waals surface area contributed by atoms with Crippen molar-refractivity contribution in [1.82, 2.24) is 9.34 Å². The van der Waals surface area contributed by atoms with Crippen molar-refractivity contribution in [2.75, 3.05) is 0 Å². The first-order chi connectivity index (χ1) is 25.4. The van der Waals surface area contributed by atoms with Gasteiger partial charge >= 0.3 is 26.2 Å². The van der Waals surface area contributed by atoms with Crippen LogP contribution in [0.2, 0.25) is 19.6 Å². The Hall–Kier alpha value is -0.280. The molecule has 6 saturated carbocycles. The first kappa shape index (κ1) is 47.1. The van der Waals surface area contributed by atoms with E-state index in [2.05, 4.69) is 44.2 Å². The summed E-state index contributed by atoms with van der Waals surface area (Å²) in [6.45, 7) is 6.14. The Balaban J connectivity index is 0.000000344. The number of hydrogen-bond donors (Lipinski definition) is 1. The average Bonchev–Trinajstić information content (AvgIpc) is 3.97. The zero-order valence-corrected chi connectivity index (χ0v) is 37.6. The zero-order chi connectivity index (χ0) is 36.9. The molecule has 0 aliphatic heterocycles. The summed E-state index contributed by atoms with van der Waals surface area (Å²) in [5, 5.41) is 9.84. The molecule has 0 atom stereocenters. The van der Waals surface area contributed by atoms with Crippen LogP contribution in [0.3, 0.4) is 0 Å². The van der Waals surface area contributed by atoms with E-state index in [-0.39, 0.29) is 26.2 Å². The van der Waals surface area contributed by atoms with E-state index in [4.69, 9.17) is 5.53 Å². The third-order valence-electron chi connectivity index (χ3n) is 10.9. The summed E-state index contributed by atoms with van der Waals surface area (Å²) >= 11 is 0. The summed E-state index contributed by atoms with van der Waals surface area (Å²) in [5.74, 6) is 2.60. The van der Waals surface area contributed by atoms with Crippen LogP contribution in [0, 0.1) is 75.7 Å². The number of nitrogens with one attached hydrogen (secondary N) is 1. The van der Waals surface area contributed by atoms with E-state index in [0.29, 0.717) is 24.2 Å². The fourth-order valence-corrected chi connectivity index (χ4v) is 11.9. The molecule has 0 unspecified atom stereocenters. The van der Waals surface area contributed by atoms with Crippen molar-refractivity contribution >= 4 is 27.6 Å². The Kier molecular flexibility index (Phi) is 24.3. The van der Waals surface area contributed by atoms with Crippen molar-refractivity contribution in [2.45, 2.75) is 172 Å². The van der Waals surface area contributed by atoms with Gasteiger partial charge in [-0.2, -0.15) is 0 Å². The molecule has 0 saturated heterocycles. The minimum atomic E-state index is -1.32. The minimum absolute atomic E-state index is 0. The van der Waals surface area contributed by atoms with Crippen LogP contribution in [0.15, 0.2) is 24.3 Å². The van der Waals surface area contributed by atoms with E-state index in [0.717, 1.165) is 11.0 Å². The molecule has 6 aliphatic carbocycles. The van der Waals surface area contributed by atoms with E-state index >= 15 is 0 Å². The van der Waals surface area contributed by atoms with Crippen LogP contribution in [0.1, 0.15) is 134 Å². The van der Waals surface area contributed by atoms with E-state index in [9.17, 15) is 5.41 Å². The van der Waals surface area contributed by atoms with E-state index in [1.54, 1.807) is 0 Å². The Labute approximate surface area is 349 Å². The minimum Gasteiger partial charge on any atom is -0.408 e. The molecule has 10 radical (unpaired) electrons. The monoisotopic (exact) mass is 827 g/mol. The van der Waals surface area contributed by atoms with Crippen LogP contribution in [0.5, 0.6) is 0 Å². The van der Waals surface area contributed by atoms with Crippen molar-refractivity contribution in [3.8, 4) is 0 Å². The summed E-state index contributed by atoms with van der Waals surface area (Å²) < 4.78 is 6.08. The van der Waals surface area contributed by atoms with Gasteiger partial charge in [-0.15, -0.1) is 35.9 Å². The summed E-state index contributed by atoms with van der Waals surface area (Å²) in [6, 6.07) is 14.6. The molecule has 53 heavy (non-hydrogen) atoms. The summed E-state index contributed by atoms with van der Waals surface area (Å²) in [7, 11) is -2.12. The molecule has 0 heterocycles. The first-order valence-corrected chi connectivity index (χ1v) is 25.5. The number of hydrogen-bond acceptors (Lipinski definition) is 3. The molecule has 0 spiro atoms. The van der Waals surface area contributed by atoms with Crippen molar-refractivity contribution in [2.24, 2.45) is 0 Å². The Morgan fingerprint density at radius 3 is 1.17 bits per heavy atom. The largest absolute Gasteiger partial charge is 4.00 e. The Morgan fingerprint density at radius 1 is 0.623 bits per heavy atom. The number of benzene rings is 1. The van der Waals surface area contributed by atoms with Crippen LogP contribution in [0.25, 0.3) is 5.53 Å². The smallest absolute Gasteiger partial charge is 0.408 e. The van der Waals surface area contributed by atoms with Crippen molar-refractivity contribution in [1.29, 1.82) is 5.41 Å². The van der Waals surface area contributed by atoms with Crippen LogP contribution < -0.4 is 0 Å². The van der Waals surface area contributed by atoms with Gasteiger partial charge in [0.15, 0.2) is 0 Å². The van der Waals surface area contributed by atoms with Gasteiger partial charge in [-0.1, -0.05) is 103 Å².